The number of carboxylic acid groups (broad SMARTS) is 1. The predicted octanol–water partition coefficient (Wildman–Crippen LogP) is 12.2. The van der Waals surface area contributed by atoms with Crippen LogP contribution in [0.5, 0.6) is 0 Å². The molecule has 2 heterocycles. The molecule has 2 aliphatic rings. The van der Waals surface area contributed by atoms with Crippen LogP contribution in [0.3, 0.4) is 0 Å². The van der Waals surface area contributed by atoms with E-state index in [0.717, 1.165) is 52.7 Å². The first-order valence-corrected chi connectivity index (χ1v) is 42.1. The molecule has 12 rings (SSSR count). The summed E-state index contributed by atoms with van der Waals surface area (Å²) in [5.41, 5.74) is 20.2. The molecule has 2 aliphatic heterocycles. The number of rotatable bonds is 32. The number of carbonyl (C=O) groups is 9. The number of halogens is 1. The van der Waals surface area contributed by atoms with Crippen LogP contribution >= 0.6 is 11.6 Å². The van der Waals surface area contributed by atoms with Gasteiger partial charge < -0.3 is 59.8 Å². The van der Waals surface area contributed by atoms with Crippen LogP contribution in [0.25, 0.3) is 6.08 Å². The fourth-order valence-corrected chi connectivity index (χ4v) is 11.3. The molecule has 30 nitrogen and oxygen atoms in total. The van der Waals surface area contributed by atoms with E-state index in [9.17, 15) is 43.5 Å². The van der Waals surface area contributed by atoms with Crippen molar-refractivity contribution >= 4 is 95.0 Å². The van der Waals surface area contributed by atoms with Crippen LogP contribution < -0.4 is 84.1 Å². The summed E-state index contributed by atoms with van der Waals surface area (Å²) in [5, 5.41) is 49.9. The third kappa shape index (κ3) is 53.4. The van der Waals surface area contributed by atoms with Gasteiger partial charge >= 0.3 is 93.2 Å². The summed E-state index contributed by atoms with van der Waals surface area (Å²) in [6.45, 7) is 19.2. The minimum absolute atomic E-state index is 0. The maximum absolute atomic E-state index is 12.0. The second kappa shape index (κ2) is 76.2. The van der Waals surface area contributed by atoms with E-state index >= 15 is 0 Å². The van der Waals surface area contributed by atoms with Crippen LogP contribution in [-0.2, 0) is 116 Å². The molecule has 0 amide bonds. The number of nitriles is 1. The van der Waals surface area contributed by atoms with Gasteiger partial charge in [0, 0.05) is 32.0 Å². The van der Waals surface area contributed by atoms with Gasteiger partial charge in [0.1, 0.15) is 17.6 Å². The molecule has 10 aromatic rings. The van der Waals surface area contributed by atoms with Crippen molar-refractivity contribution in [3.63, 3.8) is 0 Å². The number of nitrogens with two attached hydrogens (primary N) is 1. The summed E-state index contributed by atoms with van der Waals surface area (Å²) in [6, 6.07) is 102. The van der Waals surface area contributed by atoms with Crippen LogP contribution in [0.2, 0.25) is 0 Å². The van der Waals surface area contributed by atoms with Crippen LogP contribution in [0, 0.1) is 11.3 Å². The molecule has 0 radical (unpaired) electrons. The zero-order valence-electron chi connectivity index (χ0n) is 75.2. The number of hydrogen-bond donors (Lipinski definition) is 6. The van der Waals surface area contributed by atoms with Crippen molar-refractivity contribution in [3.05, 3.63) is 366 Å². The number of hydrazine groups is 1. The maximum Gasteiger partial charge on any atom is 1.00 e. The molecule has 0 aliphatic carbocycles. The summed E-state index contributed by atoms with van der Waals surface area (Å²) < 4.78 is 27.3. The number of benzene rings is 10. The Morgan fingerprint density at radius 1 is 0.496 bits per heavy atom. The Kier molecular flexibility index (Phi) is 67.4. The number of nitrogens with zero attached hydrogens (tertiary/aromatic N) is 7. The normalized spacial score (nSPS) is 12.1. The van der Waals surface area contributed by atoms with Crippen molar-refractivity contribution in [2.75, 3.05) is 39.6 Å². The smallest absolute Gasteiger partial charge is 0.662 e. The van der Waals surface area contributed by atoms with E-state index in [-0.39, 0.29) is 133 Å². The second-order valence-corrected chi connectivity index (χ2v) is 26.9. The number of carboxylic acids is 1. The molecule has 0 spiro atoms. The zero-order chi connectivity index (χ0) is 95.5. The average Bonchev–Trinajstić information content (AvgIpc) is 1.67. The van der Waals surface area contributed by atoms with E-state index in [0.29, 0.717) is 64.4 Å². The van der Waals surface area contributed by atoms with E-state index in [2.05, 4.69) is 132 Å². The number of esters is 6. The van der Waals surface area contributed by atoms with Gasteiger partial charge in [0.2, 0.25) is 11.5 Å². The van der Waals surface area contributed by atoms with E-state index in [1.807, 2.05) is 278 Å². The first-order valence-electron chi connectivity index (χ1n) is 41.7. The first kappa shape index (κ1) is 118. The van der Waals surface area contributed by atoms with Crippen LogP contribution in [0.1, 0.15) is 142 Å². The van der Waals surface area contributed by atoms with Gasteiger partial charge in [-0.1, -0.05) is 335 Å². The molecule has 0 saturated carbocycles. The van der Waals surface area contributed by atoms with Crippen molar-refractivity contribution in [1.29, 1.82) is 5.26 Å². The van der Waals surface area contributed by atoms with E-state index in [1.54, 1.807) is 34.6 Å². The van der Waals surface area contributed by atoms with Gasteiger partial charge in [-0.25, -0.2) is 33.6 Å². The van der Waals surface area contributed by atoms with Crippen molar-refractivity contribution < 1.29 is 138 Å². The van der Waals surface area contributed by atoms with Crippen LogP contribution in [0.4, 0.5) is 0 Å². The Morgan fingerprint density at radius 3 is 1.19 bits per heavy atom. The SMILES string of the molecule is C.C=Cc1ccccc1.CCOC(=O)/C(Cl)=N/NCc1ccccc1.CCOC(=O)/C=N/NCc1ccccc1.CCOC(=O)C(=O)OCC.CCOC(=O)C1=NN(Cc2ccccc2)C(c2ccccc2)C1.CCOC(=O)C=O.N#CCC(NCc1ccccc1)c1ccccc1.NNCc1ccccc1.O=C(O)C1=NN(Cc2ccccc2)C(c2ccccc2)C1.O=CO[O-].[K+]. The molecule has 0 fully saturated rings. The fourth-order valence-electron chi connectivity index (χ4n) is 11.2. The first-order chi connectivity index (χ1) is 63.8. The Labute approximate surface area is 826 Å². The summed E-state index contributed by atoms with van der Waals surface area (Å²) in [6.07, 6.45) is 4.61. The minimum atomic E-state index is -0.938. The fraction of sp³-hybridized carbons (Fsp3) is 0.248. The largest absolute Gasteiger partial charge is 1.00 e. The zero-order valence-corrected chi connectivity index (χ0v) is 79.1. The van der Waals surface area contributed by atoms with Gasteiger partial charge in [0.05, 0.1) is 90.4 Å². The molecule has 7 N–H and O–H groups in total. The number of nitrogens with one attached hydrogen (secondary N) is 4. The quantitative estimate of drug-likeness (QED) is 0.00262. The van der Waals surface area contributed by atoms with Gasteiger partial charge in [-0.15, -0.1) is 0 Å². The molecule has 133 heavy (non-hydrogen) atoms. The predicted molar refractivity (Wildman–Crippen MR) is 509 cm³/mol. The molecule has 3 atom stereocenters. The topological polar surface area (TPSA) is 415 Å². The van der Waals surface area contributed by atoms with Crippen molar-refractivity contribution in [2.45, 2.75) is 126 Å². The Morgan fingerprint density at radius 2 is 0.835 bits per heavy atom. The molecule has 10 aromatic carbocycles. The van der Waals surface area contributed by atoms with Gasteiger partial charge in [0.25, 0.3) is 6.47 Å². The monoisotopic (exact) mass is 1860 g/mol. The standard InChI is InChI=1S/C19H20N2O2.C17H16N2O2.C16H16N2.C11H13ClN2O2.C11H14N2O2.C8H8.C7H10N2.C6H10O4.C4H6O3.CH2O3.CH4.K/c1-2-23-19(22)17-13-18(16-11-7-4-8-12-16)21(20-17)14-15-9-5-3-6-10-15;20-17(21)15-11-16(14-9-5-2-6-10-14)19(18-15)12-13-7-3-1-4-8-13;17-12-11-16(15-9-5-2-6-10-15)18-13-14-7-3-1-4-8-14;1-2-16-11(15)10(12)14-13-8-9-6-4-3-5-7-9;1-2-15-11(14)9-13-12-8-10-6-4-3-5-7-10;1-2-8-6-4-3-5-7-8;8-9-6-7-4-2-1-3-5-7;1-3-9-5(7)6(8)10-4-2;1-2-7-4(6)3-5;2-1-4-3;;/h3-12,18H,2,13-14H2,1H3;1-10,16H,11-12H2,(H,20,21);1-10,16,18H,11,13H2;3-7,13H,2,8H2,1H3;3-7,9,12H,2,8H2,1H3;2-7H,1H2;1-5,9H,6,8H2;3-4H2,1-2H3;3H,2H2,1H3;1,3H;1H4;/q;;;;;;;;;;;+1/p-1/b;;;14-10-;13-9+;;;;;;;. The molecule has 0 bridgehead atoms. The molecule has 0 aromatic heterocycles. The van der Waals surface area contributed by atoms with E-state index in [1.165, 1.54) is 22.3 Å². The van der Waals surface area contributed by atoms with Gasteiger partial charge in [-0.2, -0.15) is 25.7 Å². The summed E-state index contributed by atoms with van der Waals surface area (Å²) >= 11 is 5.59. The molecule has 3 unspecified atom stereocenters. The summed E-state index contributed by atoms with van der Waals surface area (Å²) in [5.74, 6) is 0.147. The third-order valence-corrected chi connectivity index (χ3v) is 17.4. The van der Waals surface area contributed by atoms with Crippen molar-refractivity contribution in [3.8, 4) is 6.07 Å². The Hall–Kier alpha value is -13.5. The van der Waals surface area contributed by atoms with Gasteiger partial charge in [-0.3, -0.25) is 30.9 Å². The second-order valence-electron chi connectivity index (χ2n) is 26.5. The molecular formula is C101H118ClKN12O18. The molecule has 0 saturated heterocycles. The number of aldehydes is 1. The molecule has 698 valence electrons. The van der Waals surface area contributed by atoms with Gasteiger partial charge in [0.15, 0.2) is 0 Å². The number of aliphatic carboxylic acids is 1. The minimum Gasteiger partial charge on any atom is -0.662 e. The molecular weight excluding hydrogens is 1740 g/mol. The number of ether oxygens (including phenoxy) is 6. The average molecular weight is 1860 g/mol. The number of hydrogen-bond acceptors (Lipinski definition) is 29. The van der Waals surface area contributed by atoms with Crippen LogP contribution in [-0.4, -0.2) is 132 Å². The third-order valence-electron chi connectivity index (χ3n) is 17.1. The summed E-state index contributed by atoms with van der Waals surface area (Å²) in [4.78, 5) is 96.5. The number of hydrazone groups is 4. The summed E-state index contributed by atoms with van der Waals surface area (Å²) in [7, 11) is 0. The molecule has 32 heteroatoms. The Balaban J connectivity index is 0.000000760. The van der Waals surface area contributed by atoms with Gasteiger partial charge in [-0.05, 0) is 97.2 Å². The van der Waals surface area contributed by atoms with Crippen LogP contribution in [0.15, 0.2) is 330 Å². The van der Waals surface area contributed by atoms with Crippen molar-refractivity contribution in [2.24, 2.45) is 26.2 Å². The number of carbonyl (C=O) groups excluding carboxylic acids is 8. The van der Waals surface area contributed by atoms with Crippen molar-refractivity contribution in [1.82, 2.24) is 31.6 Å². The van der Waals surface area contributed by atoms with E-state index < -0.39 is 35.8 Å². The van der Waals surface area contributed by atoms with E-state index in [4.69, 9.17) is 37.5 Å². The Bertz CT molecular complexity index is 5000. The maximum atomic E-state index is 12.0.